The summed E-state index contributed by atoms with van der Waals surface area (Å²) in [4.78, 5) is 27.0. The van der Waals surface area contributed by atoms with Crippen molar-refractivity contribution in [2.24, 2.45) is 0 Å². The molecule has 0 aliphatic carbocycles. The van der Waals surface area contributed by atoms with E-state index in [-0.39, 0.29) is 19.8 Å². The van der Waals surface area contributed by atoms with Crippen LogP contribution in [0, 0.1) is 0 Å². The molecule has 0 radical (unpaired) electrons. The number of para-hydroxylation sites is 2. The minimum atomic E-state index is 0.234. The molecule has 0 fully saturated rings. The van der Waals surface area contributed by atoms with Crippen molar-refractivity contribution in [3.05, 3.63) is 71.5 Å². The van der Waals surface area contributed by atoms with Crippen molar-refractivity contribution < 1.29 is 19.8 Å². The van der Waals surface area contributed by atoms with E-state index in [1.807, 2.05) is 30.3 Å². The van der Waals surface area contributed by atoms with Crippen molar-refractivity contribution in [2.45, 2.75) is 28.7 Å². The van der Waals surface area contributed by atoms with Crippen molar-refractivity contribution in [1.29, 1.82) is 0 Å². The van der Waals surface area contributed by atoms with Crippen LogP contribution in [0.5, 0.6) is 0 Å². The molecule has 0 unspecified atom stereocenters. The van der Waals surface area contributed by atoms with Gasteiger partial charge in [-0.1, -0.05) is 0 Å². The minimum absolute atomic E-state index is 0.234. The van der Waals surface area contributed by atoms with E-state index in [1.54, 1.807) is 23.9 Å². The summed E-state index contributed by atoms with van der Waals surface area (Å²) in [5, 5.41) is 4.48. The van der Waals surface area contributed by atoms with Crippen LogP contribution in [0.25, 0.3) is 21.4 Å². The van der Waals surface area contributed by atoms with Crippen LogP contribution in [0.1, 0.15) is 16.5 Å². The van der Waals surface area contributed by atoms with E-state index in [9.17, 15) is 0 Å². The van der Waals surface area contributed by atoms with Gasteiger partial charge in [0, 0.05) is 0 Å². The number of H-pyrrole nitrogens is 1. The Hall–Kier alpha value is -2.65. The van der Waals surface area contributed by atoms with Crippen molar-refractivity contribution in [2.75, 3.05) is 5.32 Å². The van der Waals surface area contributed by atoms with E-state index in [1.165, 1.54) is 9.28 Å². The molecule has 0 amide bonds. The van der Waals surface area contributed by atoms with Gasteiger partial charge in [0.25, 0.3) is 0 Å². The monoisotopic (exact) mass is 612 g/mol. The Morgan fingerprint density at radius 1 is 0.935 bits per heavy atom. The van der Waals surface area contributed by atoms with E-state index < -0.39 is 0 Å². The fraction of sp³-hybridized carbons (Fsp3) is 0.227. The van der Waals surface area contributed by atoms with E-state index >= 15 is 0 Å². The van der Waals surface area contributed by atoms with Crippen molar-refractivity contribution >= 4 is 38.5 Å². The molecule has 0 atom stereocenters. The summed E-state index contributed by atoms with van der Waals surface area (Å²) in [5.41, 5.74) is 4.00. The Bertz CT molecular complexity index is 1250. The number of aryl methyl sites for hydroxylation is 2. The molecule has 0 saturated carbocycles. The molecule has 9 heteroatoms. The number of hydrogen-bond donors (Lipinski definition) is 2. The zero-order chi connectivity index (χ0) is 20.9. The topological polar surface area (TPSA) is 92.3 Å². The van der Waals surface area contributed by atoms with Gasteiger partial charge in [-0.3, -0.25) is 0 Å². The molecular formula is C22H21AuN7S. The number of benzene rings is 1. The summed E-state index contributed by atoms with van der Waals surface area (Å²) in [6.45, 7) is 0.618. The molecule has 5 aromatic rings. The average molecular weight is 612 g/mol. The first-order chi connectivity index (χ1) is 15.3. The third-order valence-electron chi connectivity index (χ3n) is 4.66. The van der Waals surface area contributed by atoms with Gasteiger partial charge in [-0.2, -0.15) is 0 Å². The van der Waals surface area contributed by atoms with Gasteiger partial charge in [-0.05, 0) is 0 Å². The molecule has 7 nitrogen and oxygen atoms in total. The molecule has 161 valence electrons. The SMILES string of the molecule is c1ccc(CNc2ncnc3sc(C[CH2][Au][CH2]Cc4nc5ccccc5[nH]4)nc23)nc1. The number of nitrogens with one attached hydrogen (secondary N) is 2. The Balaban J connectivity index is 1.14. The first-order valence-corrected chi connectivity index (χ1v) is 13.8. The zero-order valence-electron chi connectivity index (χ0n) is 16.7. The fourth-order valence-corrected chi connectivity index (χ4v) is 6.74. The number of aromatic nitrogens is 6. The molecule has 31 heavy (non-hydrogen) atoms. The molecule has 5 rings (SSSR count). The third kappa shape index (κ3) is 4.99. The molecule has 2 N–H and O–H groups in total. The van der Waals surface area contributed by atoms with Gasteiger partial charge >= 0.3 is 194 Å². The number of hydrogen-bond acceptors (Lipinski definition) is 7. The quantitative estimate of drug-likeness (QED) is 0.186. The standard InChI is InChI=1S/C13H12N5S.C9H9N2.Au/c1-2-10-18-11-12(16-8-17-13(11)19-10)15-7-9-5-3-4-6-14-9;1-2-9-10-7-5-3-4-6-8(7)11-9;/h3-6,8H,1-2,7H2,(H,15,16,17);3-6H,1-2H2,(H,10,11);. The third-order valence-corrected chi connectivity index (χ3v) is 8.29. The molecule has 1 aromatic carbocycles. The van der Waals surface area contributed by atoms with Crippen LogP contribution in [-0.4, -0.2) is 29.9 Å². The van der Waals surface area contributed by atoms with Gasteiger partial charge in [0.2, 0.25) is 0 Å². The summed E-state index contributed by atoms with van der Waals surface area (Å²) in [5.74, 6) is 1.87. The first-order valence-electron chi connectivity index (χ1n) is 9.95. The summed E-state index contributed by atoms with van der Waals surface area (Å²) < 4.78 is 2.41. The van der Waals surface area contributed by atoms with Gasteiger partial charge in [-0.25, -0.2) is 0 Å². The van der Waals surface area contributed by atoms with E-state index in [2.05, 4.69) is 42.4 Å². The molecule has 4 heterocycles. The molecule has 0 saturated heterocycles. The molecule has 0 aliphatic rings. The van der Waals surface area contributed by atoms with Gasteiger partial charge in [0.1, 0.15) is 0 Å². The van der Waals surface area contributed by atoms with Crippen molar-refractivity contribution in [3.63, 3.8) is 0 Å². The molecule has 0 aliphatic heterocycles. The number of pyridine rings is 1. The van der Waals surface area contributed by atoms with E-state index in [0.29, 0.717) is 6.54 Å². The van der Waals surface area contributed by atoms with E-state index in [0.717, 1.165) is 56.6 Å². The maximum absolute atomic E-state index is 4.82. The Kier molecular flexibility index (Phi) is 6.31. The van der Waals surface area contributed by atoms with Crippen LogP contribution in [-0.2, 0) is 39.1 Å². The fourth-order valence-electron chi connectivity index (χ4n) is 3.15. The maximum atomic E-state index is 4.82. The molecule has 0 spiro atoms. The van der Waals surface area contributed by atoms with E-state index in [4.69, 9.17) is 4.98 Å². The van der Waals surface area contributed by atoms with Gasteiger partial charge in [-0.15, -0.1) is 0 Å². The molecule has 0 bridgehead atoms. The van der Waals surface area contributed by atoms with Crippen LogP contribution < -0.4 is 5.32 Å². The van der Waals surface area contributed by atoms with Crippen LogP contribution in [0.15, 0.2) is 55.0 Å². The Morgan fingerprint density at radius 2 is 1.84 bits per heavy atom. The number of nitrogens with zero attached hydrogens (tertiary/aromatic N) is 5. The normalized spacial score (nSPS) is 11.5. The number of fused-ring (bicyclic) bond motifs is 2. The predicted molar refractivity (Wildman–Crippen MR) is 120 cm³/mol. The van der Waals surface area contributed by atoms with Crippen LogP contribution in [0.2, 0.25) is 9.28 Å². The molecular weight excluding hydrogens is 591 g/mol. The van der Waals surface area contributed by atoms with Crippen molar-refractivity contribution in [1.82, 2.24) is 29.9 Å². The summed E-state index contributed by atoms with van der Waals surface area (Å²) in [6.07, 6.45) is 5.42. The predicted octanol–water partition coefficient (Wildman–Crippen LogP) is 4.67. The second kappa shape index (κ2) is 9.65. The Morgan fingerprint density at radius 3 is 2.74 bits per heavy atom. The van der Waals surface area contributed by atoms with Crippen LogP contribution in [0.3, 0.4) is 0 Å². The number of anilines is 1. The van der Waals surface area contributed by atoms with Crippen LogP contribution in [0.4, 0.5) is 5.82 Å². The number of imidazole rings is 1. The summed E-state index contributed by atoms with van der Waals surface area (Å²) >= 11 is 1.90. The Labute approximate surface area is 193 Å². The first kappa shape index (κ1) is 20.3. The average Bonchev–Trinajstić information content (AvgIpc) is 3.41. The summed E-state index contributed by atoms with van der Waals surface area (Å²) in [6, 6.07) is 14.1. The van der Waals surface area contributed by atoms with Gasteiger partial charge in [0.15, 0.2) is 0 Å². The van der Waals surface area contributed by atoms with Crippen molar-refractivity contribution in [3.8, 4) is 0 Å². The molecule has 4 aromatic heterocycles. The number of thiazole rings is 1. The van der Waals surface area contributed by atoms with Gasteiger partial charge < -0.3 is 0 Å². The second-order valence-corrected chi connectivity index (χ2v) is 11.1. The number of rotatable bonds is 9. The van der Waals surface area contributed by atoms with Gasteiger partial charge in [0.05, 0.1) is 0 Å². The zero-order valence-corrected chi connectivity index (χ0v) is 19.7. The number of aromatic amines is 1. The second-order valence-electron chi connectivity index (χ2n) is 6.81. The van der Waals surface area contributed by atoms with Crippen LogP contribution >= 0.6 is 11.3 Å². The summed E-state index contributed by atoms with van der Waals surface area (Å²) in [7, 11) is 0.